The fourth-order valence-corrected chi connectivity index (χ4v) is 3.14. The van der Waals surface area contributed by atoms with Gasteiger partial charge >= 0.3 is 5.96 Å². The first-order chi connectivity index (χ1) is 11.7. The zero-order valence-corrected chi connectivity index (χ0v) is 17.7. The molecule has 0 unspecified atom stereocenters. The Morgan fingerprint density at radius 1 is 0.583 bits per heavy atom. The van der Waals surface area contributed by atoms with Gasteiger partial charge in [-0.3, -0.25) is 14.4 Å². The van der Waals surface area contributed by atoms with Crippen LogP contribution in [0.15, 0.2) is 0 Å². The van der Waals surface area contributed by atoms with E-state index in [2.05, 4.69) is 56.0 Å². The maximum absolute atomic E-state index is 2.69. The topological polar surface area (TPSA) is 9.49 Å². The van der Waals surface area contributed by atoms with Gasteiger partial charge in [0.1, 0.15) is 0 Å². The van der Waals surface area contributed by atoms with Gasteiger partial charge in [-0.15, -0.1) is 0 Å². The fraction of sp³-hybridized carbons (Fsp3) is 0.952. The van der Waals surface area contributed by atoms with Crippen molar-refractivity contribution in [1.82, 2.24) is 9.80 Å². The average Bonchev–Trinajstić information content (AvgIpc) is 2.58. The maximum atomic E-state index is 2.69. The lowest BCUT2D eigenvalue weighted by atomic mass is 10.2. The Morgan fingerprint density at radius 2 is 0.917 bits per heavy atom. The van der Waals surface area contributed by atoms with E-state index < -0.39 is 0 Å². The summed E-state index contributed by atoms with van der Waals surface area (Å²) in [5.74, 6) is 1.50. The van der Waals surface area contributed by atoms with Crippen molar-refractivity contribution in [2.75, 3.05) is 39.8 Å². The van der Waals surface area contributed by atoms with Crippen molar-refractivity contribution >= 4 is 5.96 Å². The molecule has 0 heterocycles. The Kier molecular flexibility index (Phi) is 15.3. The standard InChI is InChI=1S/C21H46N3/c1-7-12-17-23(18-13-8-2)21(22(6)16-11-5)24(19-14-9-3)20-15-10-4/h7-20H2,1-6H3/q+1. The summed E-state index contributed by atoms with van der Waals surface area (Å²) in [5, 5.41) is 0. The van der Waals surface area contributed by atoms with Gasteiger partial charge in [0.15, 0.2) is 0 Å². The van der Waals surface area contributed by atoms with Gasteiger partial charge in [0.05, 0.1) is 39.8 Å². The van der Waals surface area contributed by atoms with Crippen LogP contribution < -0.4 is 0 Å². The van der Waals surface area contributed by atoms with E-state index in [9.17, 15) is 0 Å². The Bertz CT molecular complexity index is 274. The van der Waals surface area contributed by atoms with E-state index >= 15 is 0 Å². The SMILES string of the molecule is CCCCN(CCCC)C(N(CCCC)CCCC)=[N+](C)CCC. The molecule has 0 atom stereocenters. The van der Waals surface area contributed by atoms with Crippen molar-refractivity contribution in [3.8, 4) is 0 Å². The van der Waals surface area contributed by atoms with E-state index in [0.29, 0.717) is 0 Å². The van der Waals surface area contributed by atoms with Crippen LogP contribution in [0.2, 0.25) is 0 Å². The number of nitrogens with zero attached hydrogens (tertiary/aromatic N) is 3. The van der Waals surface area contributed by atoms with Crippen LogP contribution in [0.25, 0.3) is 0 Å². The number of rotatable bonds is 14. The molecule has 0 aromatic heterocycles. The third-order valence-corrected chi connectivity index (χ3v) is 4.59. The second-order valence-electron chi connectivity index (χ2n) is 7.11. The Hall–Kier alpha value is -0.730. The van der Waals surface area contributed by atoms with Gasteiger partial charge in [-0.25, -0.2) is 0 Å². The molecule has 0 saturated carbocycles. The molecule has 0 aliphatic heterocycles. The van der Waals surface area contributed by atoms with Crippen molar-refractivity contribution in [3.63, 3.8) is 0 Å². The molecule has 0 amide bonds. The Labute approximate surface area is 153 Å². The molecule has 0 spiro atoms. The first-order valence-corrected chi connectivity index (χ1v) is 10.7. The van der Waals surface area contributed by atoms with Gasteiger partial charge in [-0.1, -0.05) is 60.3 Å². The molecule has 144 valence electrons. The quantitative estimate of drug-likeness (QED) is 0.244. The molecular formula is C21H46N3+. The van der Waals surface area contributed by atoms with Gasteiger partial charge in [0, 0.05) is 0 Å². The largest absolute Gasteiger partial charge is 0.350 e. The average molecular weight is 341 g/mol. The molecule has 0 aliphatic carbocycles. The smallest absolute Gasteiger partial charge is 0.268 e. The van der Waals surface area contributed by atoms with Crippen LogP contribution in [0.1, 0.15) is 92.4 Å². The Morgan fingerprint density at radius 3 is 1.17 bits per heavy atom. The lowest BCUT2D eigenvalue weighted by Gasteiger charge is -2.30. The highest BCUT2D eigenvalue weighted by molar-refractivity contribution is 5.75. The van der Waals surface area contributed by atoms with E-state index in [4.69, 9.17) is 0 Å². The molecule has 0 aromatic rings. The summed E-state index contributed by atoms with van der Waals surface area (Å²) >= 11 is 0. The minimum absolute atomic E-state index is 1.15. The van der Waals surface area contributed by atoms with Crippen molar-refractivity contribution in [1.29, 1.82) is 0 Å². The van der Waals surface area contributed by atoms with E-state index in [0.717, 1.165) is 6.54 Å². The molecular weight excluding hydrogens is 294 g/mol. The normalized spacial score (nSPS) is 10.8. The lowest BCUT2D eigenvalue weighted by Crippen LogP contribution is -2.50. The summed E-state index contributed by atoms with van der Waals surface area (Å²) in [5.41, 5.74) is 0. The molecule has 0 aromatic carbocycles. The second kappa shape index (κ2) is 15.8. The number of guanidine groups is 1. The van der Waals surface area contributed by atoms with Crippen LogP contribution in [0.3, 0.4) is 0 Å². The van der Waals surface area contributed by atoms with Crippen LogP contribution in [0, 0.1) is 0 Å². The summed E-state index contributed by atoms with van der Waals surface area (Å²) < 4.78 is 2.52. The number of unbranched alkanes of at least 4 members (excludes halogenated alkanes) is 4. The first kappa shape index (κ1) is 23.3. The highest BCUT2D eigenvalue weighted by atomic mass is 15.4. The fourth-order valence-electron chi connectivity index (χ4n) is 3.14. The molecule has 0 fully saturated rings. The highest BCUT2D eigenvalue weighted by Crippen LogP contribution is 2.09. The van der Waals surface area contributed by atoms with E-state index in [1.807, 2.05) is 0 Å². The van der Waals surface area contributed by atoms with Gasteiger partial charge in [-0.2, -0.15) is 0 Å². The van der Waals surface area contributed by atoms with Crippen LogP contribution in [-0.4, -0.2) is 60.1 Å². The number of hydrogen-bond acceptors (Lipinski definition) is 0. The van der Waals surface area contributed by atoms with E-state index in [-0.39, 0.29) is 0 Å². The monoisotopic (exact) mass is 340 g/mol. The molecule has 0 N–H and O–H groups in total. The van der Waals surface area contributed by atoms with Crippen molar-refractivity contribution in [2.24, 2.45) is 0 Å². The molecule has 3 heteroatoms. The van der Waals surface area contributed by atoms with Crippen LogP contribution in [-0.2, 0) is 0 Å². The van der Waals surface area contributed by atoms with Crippen LogP contribution >= 0.6 is 0 Å². The van der Waals surface area contributed by atoms with Crippen LogP contribution in [0.4, 0.5) is 0 Å². The summed E-state index contributed by atoms with van der Waals surface area (Å²) in [6.45, 7) is 17.5. The second-order valence-corrected chi connectivity index (χ2v) is 7.11. The van der Waals surface area contributed by atoms with Crippen LogP contribution in [0.5, 0.6) is 0 Å². The van der Waals surface area contributed by atoms with Gasteiger partial charge < -0.3 is 0 Å². The van der Waals surface area contributed by atoms with Gasteiger partial charge in [0.2, 0.25) is 0 Å². The minimum Gasteiger partial charge on any atom is -0.268 e. The van der Waals surface area contributed by atoms with Crippen molar-refractivity contribution < 1.29 is 4.58 Å². The molecule has 0 aliphatic rings. The van der Waals surface area contributed by atoms with Gasteiger partial charge in [0.25, 0.3) is 0 Å². The summed E-state index contributed by atoms with van der Waals surface area (Å²) in [6.07, 6.45) is 11.5. The van der Waals surface area contributed by atoms with Crippen molar-refractivity contribution in [2.45, 2.75) is 92.4 Å². The third kappa shape index (κ3) is 9.54. The molecule has 24 heavy (non-hydrogen) atoms. The van der Waals surface area contributed by atoms with E-state index in [1.54, 1.807) is 0 Å². The van der Waals surface area contributed by atoms with E-state index in [1.165, 1.54) is 89.9 Å². The predicted octanol–water partition coefficient (Wildman–Crippen LogP) is 5.20. The first-order valence-electron chi connectivity index (χ1n) is 10.7. The zero-order valence-electron chi connectivity index (χ0n) is 17.7. The summed E-state index contributed by atoms with van der Waals surface area (Å²) in [4.78, 5) is 5.38. The highest BCUT2D eigenvalue weighted by Gasteiger charge is 2.27. The molecule has 0 radical (unpaired) electrons. The molecule has 3 nitrogen and oxygen atoms in total. The molecule has 0 saturated heterocycles. The number of hydrogen-bond donors (Lipinski definition) is 0. The summed E-state index contributed by atoms with van der Waals surface area (Å²) in [7, 11) is 2.30. The zero-order chi connectivity index (χ0) is 18.2. The van der Waals surface area contributed by atoms with Gasteiger partial charge in [-0.05, 0) is 32.1 Å². The molecule has 0 bridgehead atoms. The third-order valence-electron chi connectivity index (χ3n) is 4.59. The maximum Gasteiger partial charge on any atom is 0.350 e. The molecule has 0 rings (SSSR count). The predicted molar refractivity (Wildman–Crippen MR) is 109 cm³/mol. The minimum atomic E-state index is 1.15. The summed E-state index contributed by atoms with van der Waals surface area (Å²) in [6, 6.07) is 0. The Balaban J connectivity index is 5.46. The van der Waals surface area contributed by atoms with Crippen molar-refractivity contribution in [3.05, 3.63) is 0 Å². The lowest BCUT2D eigenvalue weighted by molar-refractivity contribution is -0.508.